The number of rotatable bonds is 4. The molecule has 3 nitrogen and oxygen atoms in total. The molecule has 0 aliphatic heterocycles. The lowest BCUT2D eigenvalue weighted by molar-refractivity contribution is -0.123. The summed E-state index contributed by atoms with van der Waals surface area (Å²) in [7, 11) is 0. The van der Waals surface area contributed by atoms with Crippen LogP contribution in [0, 0.1) is 0 Å². The van der Waals surface area contributed by atoms with E-state index in [9.17, 15) is 4.79 Å². The van der Waals surface area contributed by atoms with Gasteiger partial charge < -0.3 is 11.1 Å². The first-order valence-electron chi connectivity index (χ1n) is 7.39. The predicted octanol–water partition coefficient (Wildman–Crippen LogP) is 3.43. The van der Waals surface area contributed by atoms with Crippen molar-refractivity contribution in [2.45, 2.75) is 31.2 Å². The van der Waals surface area contributed by atoms with E-state index >= 15 is 0 Å². The van der Waals surface area contributed by atoms with E-state index < -0.39 is 0 Å². The fourth-order valence-corrected chi connectivity index (χ4v) is 2.91. The van der Waals surface area contributed by atoms with E-state index in [0.717, 1.165) is 30.5 Å². The lowest BCUT2D eigenvalue weighted by Gasteiger charge is -2.43. The molecule has 0 bridgehead atoms. The predicted molar refractivity (Wildman–Crippen MR) is 91.9 cm³/mol. The molecule has 2 aromatic rings. The number of anilines is 1. The number of nitrogen functional groups attached to an aromatic ring is 1. The van der Waals surface area contributed by atoms with Crippen molar-refractivity contribution in [2.75, 3.05) is 5.73 Å². The van der Waals surface area contributed by atoms with Crippen molar-refractivity contribution in [3.05, 3.63) is 65.7 Å². The van der Waals surface area contributed by atoms with Gasteiger partial charge in [-0.2, -0.15) is 0 Å². The van der Waals surface area contributed by atoms with Crippen molar-refractivity contribution < 1.29 is 4.79 Å². The maximum absolute atomic E-state index is 12.3. The number of halogens is 1. The Morgan fingerprint density at radius 2 is 1.68 bits per heavy atom. The van der Waals surface area contributed by atoms with Gasteiger partial charge in [0.2, 0.25) is 5.91 Å². The number of hydrogen-bond donors (Lipinski definition) is 2. The summed E-state index contributed by atoms with van der Waals surface area (Å²) in [4.78, 5) is 12.3. The van der Waals surface area contributed by atoms with Crippen molar-refractivity contribution in [3.8, 4) is 0 Å². The van der Waals surface area contributed by atoms with Gasteiger partial charge in [0.1, 0.15) is 0 Å². The zero-order valence-corrected chi connectivity index (χ0v) is 13.2. The Bertz CT molecular complexity index is 621. The van der Waals surface area contributed by atoms with Crippen molar-refractivity contribution >= 4 is 24.0 Å². The second kappa shape index (κ2) is 6.84. The highest BCUT2D eigenvalue weighted by atomic mass is 35.5. The molecule has 3 rings (SSSR count). The van der Waals surface area contributed by atoms with Crippen LogP contribution >= 0.6 is 12.4 Å². The Morgan fingerprint density at radius 3 is 2.23 bits per heavy atom. The van der Waals surface area contributed by atoms with Crippen LogP contribution in [-0.2, 0) is 16.8 Å². The van der Waals surface area contributed by atoms with Gasteiger partial charge in [-0.3, -0.25) is 4.79 Å². The highest BCUT2D eigenvalue weighted by Crippen LogP contribution is 2.41. The Hall–Kier alpha value is -2.00. The van der Waals surface area contributed by atoms with Gasteiger partial charge in [-0.05, 0) is 42.5 Å². The van der Waals surface area contributed by atoms with Crippen LogP contribution in [0.5, 0.6) is 0 Å². The summed E-state index contributed by atoms with van der Waals surface area (Å²) in [6.45, 7) is 0. The number of benzene rings is 2. The molecule has 1 saturated carbocycles. The molecule has 0 radical (unpaired) electrons. The van der Waals surface area contributed by atoms with E-state index in [-0.39, 0.29) is 23.9 Å². The van der Waals surface area contributed by atoms with Gasteiger partial charge in [-0.25, -0.2) is 0 Å². The van der Waals surface area contributed by atoms with Crippen LogP contribution in [-0.4, -0.2) is 5.91 Å². The maximum Gasteiger partial charge on any atom is 0.225 e. The SMILES string of the molecule is Cl.Nc1ccc(CC(=O)NC2(c3ccccc3)CCC2)cc1. The summed E-state index contributed by atoms with van der Waals surface area (Å²) in [5.41, 5.74) is 8.43. The van der Waals surface area contributed by atoms with Crippen molar-refractivity contribution in [1.29, 1.82) is 0 Å². The molecule has 1 aliphatic rings. The van der Waals surface area contributed by atoms with Crippen LogP contribution in [0.4, 0.5) is 5.69 Å². The Kier molecular flexibility index (Phi) is 5.09. The minimum Gasteiger partial charge on any atom is -0.399 e. The molecule has 0 aromatic heterocycles. The number of amides is 1. The average Bonchev–Trinajstić information content (AvgIpc) is 2.46. The molecule has 22 heavy (non-hydrogen) atoms. The van der Waals surface area contributed by atoms with Gasteiger partial charge in [0, 0.05) is 5.69 Å². The number of nitrogens with one attached hydrogen (secondary N) is 1. The summed E-state index contributed by atoms with van der Waals surface area (Å²) < 4.78 is 0. The molecule has 0 unspecified atom stereocenters. The molecule has 0 atom stereocenters. The van der Waals surface area contributed by atoms with E-state index in [2.05, 4.69) is 17.4 Å². The number of carbonyl (C=O) groups is 1. The first-order chi connectivity index (χ1) is 10.2. The lowest BCUT2D eigenvalue weighted by atomic mass is 9.71. The molecular formula is C18H21ClN2O. The van der Waals surface area contributed by atoms with E-state index in [1.165, 1.54) is 5.56 Å². The third kappa shape index (κ3) is 3.42. The second-order valence-electron chi connectivity index (χ2n) is 5.77. The first kappa shape index (κ1) is 16.4. The smallest absolute Gasteiger partial charge is 0.225 e. The lowest BCUT2D eigenvalue weighted by Crippen LogP contribution is -2.51. The Balaban J connectivity index is 0.00000176. The topological polar surface area (TPSA) is 55.1 Å². The third-order valence-electron chi connectivity index (χ3n) is 4.26. The molecule has 1 amide bonds. The fraction of sp³-hybridized carbons (Fsp3) is 0.278. The molecule has 2 aromatic carbocycles. The van der Waals surface area contributed by atoms with Crippen molar-refractivity contribution in [1.82, 2.24) is 5.32 Å². The summed E-state index contributed by atoms with van der Waals surface area (Å²) in [6, 6.07) is 17.7. The van der Waals surface area contributed by atoms with Crippen LogP contribution < -0.4 is 11.1 Å². The number of carbonyl (C=O) groups excluding carboxylic acids is 1. The van der Waals surface area contributed by atoms with Gasteiger partial charge in [0.15, 0.2) is 0 Å². The van der Waals surface area contributed by atoms with E-state index in [1.54, 1.807) is 0 Å². The second-order valence-corrected chi connectivity index (χ2v) is 5.77. The Labute approximate surface area is 137 Å². The normalized spacial score (nSPS) is 15.3. The minimum absolute atomic E-state index is 0. The van der Waals surface area contributed by atoms with Crippen LogP contribution in [0.15, 0.2) is 54.6 Å². The van der Waals surface area contributed by atoms with Gasteiger partial charge in [-0.15, -0.1) is 12.4 Å². The van der Waals surface area contributed by atoms with Crippen molar-refractivity contribution in [3.63, 3.8) is 0 Å². The van der Waals surface area contributed by atoms with E-state index in [0.29, 0.717) is 6.42 Å². The molecule has 1 aliphatic carbocycles. The molecule has 0 saturated heterocycles. The monoisotopic (exact) mass is 316 g/mol. The molecule has 116 valence electrons. The molecule has 0 heterocycles. The summed E-state index contributed by atoms with van der Waals surface area (Å²) >= 11 is 0. The van der Waals surface area contributed by atoms with Crippen LogP contribution in [0.2, 0.25) is 0 Å². The van der Waals surface area contributed by atoms with Crippen molar-refractivity contribution in [2.24, 2.45) is 0 Å². The van der Waals surface area contributed by atoms with Gasteiger partial charge in [-0.1, -0.05) is 42.5 Å². The quantitative estimate of drug-likeness (QED) is 0.849. The van der Waals surface area contributed by atoms with Crippen LogP contribution in [0.3, 0.4) is 0 Å². The summed E-state index contributed by atoms with van der Waals surface area (Å²) in [5, 5.41) is 3.24. The standard InChI is InChI=1S/C18H20N2O.ClH/c19-16-9-7-14(8-10-16)13-17(21)20-18(11-4-12-18)15-5-2-1-3-6-15;/h1-3,5-10H,4,11-13,19H2,(H,20,21);1H. The molecule has 0 spiro atoms. The minimum atomic E-state index is -0.161. The fourth-order valence-electron chi connectivity index (χ4n) is 2.91. The third-order valence-corrected chi connectivity index (χ3v) is 4.26. The first-order valence-corrected chi connectivity index (χ1v) is 7.39. The Morgan fingerprint density at radius 1 is 1.05 bits per heavy atom. The highest BCUT2D eigenvalue weighted by molar-refractivity contribution is 5.85. The summed E-state index contributed by atoms with van der Waals surface area (Å²) in [6.07, 6.45) is 3.60. The molecule has 3 N–H and O–H groups in total. The van der Waals surface area contributed by atoms with Gasteiger partial charge in [0.25, 0.3) is 0 Å². The number of nitrogens with two attached hydrogens (primary N) is 1. The largest absolute Gasteiger partial charge is 0.399 e. The maximum atomic E-state index is 12.3. The zero-order valence-electron chi connectivity index (χ0n) is 12.4. The molecule has 1 fully saturated rings. The zero-order chi connectivity index (χ0) is 14.7. The average molecular weight is 317 g/mol. The molecule has 4 heteroatoms. The van der Waals surface area contributed by atoms with E-state index in [4.69, 9.17) is 5.73 Å². The molecular weight excluding hydrogens is 296 g/mol. The van der Waals surface area contributed by atoms with E-state index in [1.807, 2.05) is 42.5 Å². The van der Waals surface area contributed by atoms with Crippen LogP contribution in [0.1, 0.15) is 30.4 Å². The number of hydrogen-bond acceptors (Lipinski definition) is 2. The van der Waals surface area contributed by atoms with Gasteiger partial charge in [0.05, 0.1) is 12.0 Å². The summed E-state index contributed by atoms with van der Waals surface area (Å²) in [5.74, 6) is 0.0725. The highest BCUT2D eigenvalue weighted by Gasteiger charge is 2.39. The van der Waals surface area contributed by atoms with Crippen LogP contribution in [0.25, 0.3) is 0 Å². The van der Waals surface area contributed by atoms with Gasteiger partial charge >= 0.3 is 0 Å².